The molecule has 1 aromatic carbocycles. The number of esters is 1. The number of carbonyl (C=O) groups excluding carboxylic acids is 1. The molecule has 0 bridgehead atoms. The number of aliphatic imine (C=N–C) groups is 2. The van der Waals surface area contributed by atoms with Crippen molar-refractivity contribution in [3.63, 3.8) is 0 Å². The zero-order valence-corrected chi connectivity index (χ0v) is 18.0. The number of aliphatic hydroxyl groups excluding tert-OH is 1. The third-order valence-corrected chi connectivity index (χ3v) is 5.04. The number of carbonyl (C=O) groups is 1. The predicted molar refractivity (Wildman–Crippen MR) is 119 cm³/mol. The van der Waals surface area contributed by atoms with Gasteiger partial charge in [-0.15, -0.1) is 0 Å². The van der Waals surface area contributed by atoms with E-state index in [2.05, 4.69) is 4.98 Å². The van der Waals surface area contributed by atoms with Gasteiger partial charge < -0.3 is 9.84 Å². The van der Waals surface area contributed by atoms with Crippen LogP contribution in [-0.2, 0) is 9.53 Å². The van der Waals surface area contributed by atoms with Gasteiger partial charge in [-0.2, -0.15) is 0 Å². The van der Waals surface area contributed by atoms with Crippen LogP contribution in [-0.4, -0.2) is 46.2 Å². The highest BCUT2D eigenvalue weighted by Gasteiger charge is 2.25. The number of nitrogens with zero attached hydrogens (tertiary/aromatic N) is 3. The van der Waals surface area contributed by atoms with Crippen molar-refractivity contribution in [2.75, 3.05) is 6.61 Å². The SMILES string of the molecule is CCOC(=O)CC[C@@H]1N=C(c2ccccn2)c2cc(Cl)ccc2N=C1CCC(C)O. The molecule has 7 heteroatoms. The topological polar surface area (TPSA) is 84.1 Å². The number of rotatable bonds is 8. The summed E-state index contributed by atoms with van der Waals surface area (Å²) in [5.74, 6) is -0.258. The summed E-state index contributed by atoms with van der Waals surface area (Å²) in [5, 5.41) is 10.4. The van der Waals surface area contributed by atoms with Crippen molar-refractivity contribution in [3.8, 4) is 0 Å². The van der Waals surface area contributed by atoms with Crippen molar-refractivity contribution in [3.05, 3.63) is 58.9 Å². The highest BCUT2D eigenvalue weighted by molar-refractivity contribution is 6.31. The smallest absolute Gasteiger partial charge is 0.305 e. The molecule has 0 saturated carbocycles. The molecule has 0 spiro atoms. The van der Waals surface area contributed by atoms with Gasteiger partial charge in [-0.1, -0.05) is 17.7 Å². The highest BCUT2D eigenvalue weighted by atomic mass is 35.5. The number of aliphatic hydroxyl groups is 1. The summed E-state index contributed by atoms with van der Waals surface area (Å²) in [5.41, 5.74) is 3.79. The zero-order valence-electron chi connectivity index (χ0n) is 17.2. The number of hydrogen-bond acceptors (Lipinski definition) is 6. The molecular weight excluding hydrogens is 402 g/mol. The van der Waals surface area contributed by atoms with Gasteiger partial charge in [0.1, 0.15) is 0 Å². The Kier molecular flexibility index (Phi) is 7.71. The van der Waals surface area contributed by atoms with Gasteiger partial charge in [0.2, 0.25) is 0 Å². The van der Waals surface area contributed by atoms with Gasteiger partial charge in [0.25, 0.3) is 0 Å². The first-order valence-electron chi connectivity index (χ1n) is 10.2. The van der Waals surface area contributed by atoms with E-state index in [4.69, 9.17) is 26.3 Å². The molecule has 6 nitrogen and oxygen atoms in total. The molecular formula is C23H26ClN3O3. The molecule has 2 heterocycles. The third-order valence-electron chi connectivity index (χ3n) is 4.80. The van der Waals surface area contributed by atoms with Crippen LogP contribution >= 0.6 is 11.6 Å². The first-order chi connectivity index (χ1) is 14.5. The third kappa shape index (κ3) is 5.74. The van der Waals surface area contributed by atoms with Crippen LogP contribution in [0.3, 0.4) is 0 Å². The van der Waals surface area contributed by atoms with Crippen molar-refractivity contribution < 1.29 is 14.6 Å². The van der Waals surface area contributed by atoms with Crippen LogP contribution in [0, 0.1) is 0 Å². The fourth-order valence-corrected chi connectivity index (χ4v) is 3.50. The van der Waals surface area contributed by atoms with E-state index in [1.807, 2.05) is 30.3 Å². The second kappa shape index (κ2) is 10.5. The summed E-state index contributed by atoms with van der Waals surface area (Å²) >= 11 is 6.28. The summed E-state index contributed by atoms with van der Waals surface area (Å²) in [6, 6.07) is 10.8. The Morgan fingerprint density at radius 2 is 2.13 bits per heavy atom. The Hall–Kier alpha value is -2.57. The molecule has 1 unspecified atom stereocenters. The second-order valence-corrected chi connectivity index (χ2v) is 7.64. The van der Waals surface area contributed by atoms with Gasteiger partial charge in [-0.25, -0.2) is 0 Å². The van der Waals surface area contributed by atoms with Gasteiger partial charge in [-0.3, -0.25) is 19.8 Å². The molecule has 0 saturated heterocycles. The standard InChI is InChI=1S/C23H26ClN3O3/c1-3-30-22(29)12-11-20-19(9-7-15(2)28)26-18-10-8-16(24)14-17(18)23(27-20)21-6-4-5-13-25-21/h4-6,8,10,13-15,20,28H,3,7,9,11-12H2,1-2H3/t15?,20-/m0/s1. The number of ether oxygens (including phenoxy) is 1. The Bertz CT molecular complexity index is 942. The molecule has 30 heavy (non-hydrogen) atoms. The lowest BCUT2D eigenvalue weighted by molar-refractivity contribution is -0.143. The lowest BCUT2D eigenvalue weighted by Crippen LogP contribution is -2.23. The quantitative estimate of drug-likeness (QED) is 0.627. The van der Waals surface area contributed by atoms with Crippen LogP contribution < -0.4 is 0 Å². The van der Waals surface area contributed by atoms with Crippen LogP contribution in [0.25, 0.3) is 0 Å². The van der Waals surface area contributed by atoms with Crippen LogP contribution in [0.1, 0.15) is 50.8 Å². The molecule has 2 atom stereocenters. The Balaban J connectivity index is 2.06. The number of fused-ring (bicyclic) bond motifs is 1. The van der Waals surface area contributed by atoms with Gasteiger partial charge in [0.15, 0.2) is 0 Å². The monoisotopic (exact) mass is 427 g/mol. The molecule has 0 aliphatic carbocycles. The minimum atomic E-state index is -0.453. The maximum Gasteiger partial charge on any atom is 0.305 e. The van der Waals surface area contributed by atoms with E-state index >= 15 is 0 Å². The van der Waals surface area contributed by atoms with Gasteiger partial charge in [0.05, 0.1) is 35.8 Å². The maximum atomic E-state index is 12.0. The number of benzene rings is 1. The van der Waals surface area contributed by atoms with Gasteiger partial charge >= 0.3 is 5.97 Å². The van der Waals surface area contributed by atoms with Crippen LogP contribution in [0.5, 0.6) is 0 Å². The Labute approximate surface area is 181 Å². The summed E-state index contributed by atoms with van der Waals surface area (Å²) < 4.78 is 5.09. The van der Waals surface area contributed by atoms with E-state index < -0.39 is 6.10 Å². The van der Waals surface area contributed by atoms with Crippen LogP contribution in [0.15, 0.2) is 52.6 Å². The van der Waals surface area contributed by atoms with Crippen LogP contribution in [0.2, 0.25) is 5.02 Å². The average Bonchev–Trinajstić information content (AvgIpc) is 2.88. The largest absolute Gasteiger partial charge is 0.466 e. The lowest BCUT2D eigenvalue weighted by atomic mass is 10.0. The number of halogens is 1. The fraction of sp³-hybridized carbons (Fsp3) is 0.391. The Morgan fingerprint density at radius 3 is 2.83 bits per heavy atom. The minimum Gasteiger partial charge on any atom is -0.466 e. The van der Waals surface area contributed by atoms with E-state index in [0.29, 0.717) is 42.3 Å². The molecule has 2 aromatic rings. The number of aromatic nitrogens is 1. The first-order valence-corrected chi connectivity index (χ1v) is 10.6. The van der Waals surface area contributed by atoms with E-state index in [0.717, 1.165) is 17.0 Å². The molecule has 158 valence electrons. The van der Waals surface area contributed by atoms with Gasteiger partial charge in [-0.05, 0) is 63.4 Å². The average molecular weight is 428 g/mol. The molecule has 1 N–H and O–H groups in total. The molecule has 0 amide bonds. The van der Waals surface area contributed by atoms with Gasteiger partial charge in [0, 0.05) is 28.9 Å². The molecule has 1 aliphatic heterocycles. The highest BCUT2D eigenvalue weighted by Crippen LogP contribution is 2.31. The summed E-state index contributed by atoms with van der Waals surface area (Å²) in [4.78, 5) is 26.3. The summed E-state index contributed by atoms with van der Waals surface area (Å²) in [6.07, 6.45) is 3.11. The Morgan fingerprint density at radius 1 is 1.30 bits per heavy atom. The number of hydrogen-bond donors (Lipinski definition) is 1. The van der Waals surface area contributed by atoms with Crippen molar-refractivity contribution in [2.24, 2.45) is 9.98 Å². The summed E-state index contributed by atoms with van der Waals surface area (Å²) in [6.45, 7) is 3.89. The molecule has 1 aromatic heterocycles. The van der Waals surface area contributed by atoms with E-state index in [-0.39, 0.29) is 18.4 Å². The molecule has 1 aliphatic rings. The lowest BCUT2D eigenvalue weighted by Gasteiger charge is -2.16. The normalized spacial score (nSPS) is 16.7. The fourth-order valence-electron chi connectivity index (χ4n) is 3.33. The van der Waals surface area contributed by atoms with E-state index in [1.165, 1.54) is 0 Å². The maximum absolute atomic E-state index is 12.0. The molecule has 3 rings (SSSR count). The zero-order chi connectivity index (χ0) is 21.5. The molecule has 0 fully saturated rings. The van der Waals surface area contributed by atoms with Crippen molar-refractivity contribution >= 4 is 34.7 Å². The molecule has 0 radical (unpaired) electrons. The van der Waals surface area contributed by atoms with Crippen molar-refractivity contribution in [2.45, 2.75) is 51.7 Å². The van der Waals surface area contributed by atoms with Crippen molar-refractivity contribution in [1.29, 1.82) is 0 Å². The number of pyridine rings is 1. The summed E-state index contributed by atoms with van der Waals surface area (Å²) in [7, 11) is 0. The minimum absolute atomic E-state index is 0.238. The van der Waals surface area contributed by atoms with E-state index in [1.54, 1.807) is 26.1 Å². The second-order valence-electron chi connectivity index (χ2n) is 7.20. The first kappa shape index (κ1) is 22.1. The predicted octanol–water partition coefficient (Wildman–Crippen LogP) is 4.53. The van der Waals surface area contributed by atoms with Crippen molar-refractivity contribution in [1.82, 2.24) is 4.98 Å². The van der Waals surface area contributed by atoms with E-state index in [9.17, 15) is 9.90 Å². The van der Waals surface area contributed by atoms with Crippen LogP contribution in [0.4, 0.5) is 5.69 Å².